The van der Waals surface area contributed by atoms with Gasteiger partial charge < -0.3 is 21.3 Å². The van der Waals surface area contributed by atoms with Gasteiger partial charge in [0.2, 0.25) is 0 Å². The first-order chi connectivity index (χ1) is 15.7. The van der Waals surface area contributed by atoms with E-state index >= 15 is 0 Å². The van der Waals surface area contributed by atoms with Crippen LogP contribution in [0, 0.1) is 0 Å². The third-order valence-electron chi connectivity index (χ3n) is 4.81. The summed E-state index contributed by atoms with van der Waals surface area (Å²) >= 11 is 10.7. The van der Waals surface area contributed by atoms with E-state index in [1.807, 2.05) is 30.6 Å². The molecule has 3 aromatic rings. The van der Waals surface area contributed by atoms with E-state index in [1.54, 1.807) is 9.36 Å². The van der Waals surface area contributed by atoms with Crippen LogP contribution < -0.4 is 21.3 Å². The fourth-order valence-electron chi connectivity index (χ4n) is 3.12. The Morgan fingerprint density at radius 2 is 1.19 bits per heavy atom. The molecule has 32 heavy (non-hydrogen) atoms. The van der Waals surface area contributed by atoms with Gasteiger partial charge in [-0.15, -0.1) is 10.2 Å². The highest BCUT2D eigenvalue weighted by Crippen LogP contribution is 2.09. The van der Waals surface area contributed by atoms with Crippen molar-refractivity contribution < 1.29 is 0 Å². The Kier molecular flexibility index (Phi) is 7.51. The zero-order chi connectivity index (χ0) is 22.2. The molecule has 0 aliphatic carbocycles. The fraction of sp³-hybridized carbons (Fsp3) is 0.421. The van der Waals surface area contributed by atoms with E-state index in [2.05, 4.69) is 46.9 Å². The summed E-state index contributed by atoms with van der Waals surface area (Å²) in [6.45, 7) is 2.64. The molecule has 1 aliphatic rings. The molecule has 11 nitrogen and oxygen atoms in total. The number of thiocarbonyl (C=S) groups is 2. The predicted molar refractivity (Wildman–Crippen MR) is 127 cm³/mol. The van der Waals surface area contributed by atoms with E-state index in [1.165, 1.54) is 0 Å². The van der Waals surface area contributed by atoms with Crippen LogP contribution in [0.3, 0.4) is 0 Å². The van der Waals surface area contributed by atoms with Crippen molar-refractivity contribution in [3.05, 3.63) is 42.0 Å². The van der Waals surface area contributed by atoms with E-state index in [-0.39, 0.29) is 0 Å². The van der Waals surface area contributed by atoms with Crippen LogP contribution in [-0.4, -0.2) is 58.3 Å². The van der Waals surface area contributed by atoms with Gasteiger partial charge >= 0.3 is 0 Å². The molecule has 6 bridgehead atoms. The number of hydrogen-bond acceptors (Lipinski definition) is 7. The molecule has 0 atom stereocenters. The third-order valence-corrected chi connectivity index (χ3v) is 5.38. The monoisotopic (exact) mass is 471 g/mol. The molecule has 0 saturated carbocycles. The average molecular weight is 472 g/mol. The Morgan fingerprint density at radius 1 is 0.688 bits per heavy atom. The molecule has 0 fully saturated rings. The van der Waals surface area contributed by atoms with Crippen molar-refractivity contribution in [2.24, 2.45) is 0 Å². The highest BCUT2D eigenvalue weighted by atomic mass is 32.1. The quantitative estimate of drug-likeness (QED) is 0.347. The lowest BCUT2D eigenvalue weighted by Crippen LogP contribution is -2.35. The maximum atomic E-state index is 5.35. The van der Waals surface area contributed by atoms with Crippen LogP contribution in [0.15, 0.2) is 30.6 Å². The summed E-state index contributed by atoms with van der Waals surface area (Å²) in [5, 5.41) is 30.8. The van der Waals surface area contributed by atoms with Gasteiger partial charge in [0.1, 0.15) is 11.4 Å². The number of nitrogens with one attached hydrogen (secondary N) is 4. The third kappa shape index (κ3) is 6.17. The van der Waals surface area contributed by atoms with Crippen LogP contribution in [0.1, 0.15) is 37.1 Å². The summed E-state index contributed by atoms with van der Waals surface area (Å²) in [7, 11) is 0. The van der Waals surface area contributed by atoms with Crippen LogP contribution in [-0.2, 0) is 13.1 Å². The minimum absolute atomic E-state index is 0.483. The molecular weight excluding hydrogens is 446 g/mol. The summed E-state index contributed by atoms with van der Waals surface area (Å²) in [6.07, 6.45) is 8.00. The van der Waals surface area contributed by atoms with Gasteiger partial charge in [0, 0.05) is 13.1 Å². The Labute approximate surface area is 196 Å². The van der Waals surface area contributed by atoms with Crippen molar-refractivity contribution in [2.45, 2.75) is 38.8 Å². The van der Waals surface area contributed by atoms with Gasteiger partial charge in [-0.3, -0.25) is 0 Å². The SMILES string of the molecule is S=C1NCCCCCCNC(=S)NCc2cn(nn2)-c2cccc(n2)-n2cc(nn2)CN1. The van der Waals surface area contributed by atoms with Crippen LogP contribution in [0.4, 0.5) is 0 Å². The fourth-order valence-corrected chi connectivity index (χ4v) is 3.47. The second kappa shape index (κ2) is 10.9. The second-order valence-electron chi connectivity index (χ2n) is 7.30. The summed E-state index contributed by atoms with van der Waals surface area (Å²) in [4.78, 5) is 4.62. The summed E-state index contributed by atoms with van der Waals surface area (Å²) in [5.74, 6) is 1.25. The van der Waals surface area contributed by atoms with Crippen molar-refractivity contribution >= 4 is 34.7 Å². The molecule has 13 heteroatoms. The molecule has 4 heterocycles. The molecule has 168 valence electrons. The molecule has 4 N–H and O–H groups in total. The van der Waals surface area contributed by atoms with E-state index in [0.717, 1.165) is 50.2 Å². The van der Waals surface area contributed by atoms with Gasteiger partial charge in [-0.1, -0.05) is 29.3 Å². The number of rotatable bonds is 0. The second-order valence-corrected chi connectivity index (χ2v) is 8.11. The van der Waals surface area contributed by atoms with Crippen LogP contribution in [0.5, 0.6) is 0 Å². The molecule has 0 amide bonds. The minimum atomic E-state index is 0.483. The Bertz CT molecular complexity index is 981. The number of pyridine rings is 1. The zero-order valence-electron chi connectivity index (χ0n) is 17.5. The van der Waals surface area contributed by atoms with Crippen molar-refractivity contribution in [1.82, 2.24) is 56.2 Å². The molecule has 0 spiro atoms. The van der Waals surface area contributed by atoms with Gasteiger partial charge in [0.05, 0.1) is 25.5 Å². The zero-order valence-corrected chi connectivity index (χ0v) is 19.1. The molecule has 0 saturated heterocycles. The maximum Gasteiger partial charge on any atom is 0.166 e. The van der Waals surface area contributed by atoms with E-state index in [9.17, 15) is 0 Å². The highest BCUT2D eigenvalue weighted by Gasteiger charge is 2.09. The van der Waals surface area contributed by atoms with Gasteiger partial charge in [-0.25, -0.2) is 14.3 Å². The number of aromatic nitrogens is 7. The molecule has 1 aliphatic heterocycles. The number of nitrogens with zero attached hydrogens (tertiary/aromatic N) is 7. The predicted octanol–water partition coefficient (Wildman–Crippen LogP) is 0.745. The van der Waals surface area contributed by atoms with Crippen LogP contribution in [0.25, 0.3) is 11.6 Å². The normalized spacial score (nSPS) is 16.2. The standard InChI is InChI=1S/C19H25N11S2/c31-18-20-8-3-1-2-4-9-21-19(32)23-11-15-13-30(28-26-15)17-7-5-6-16(24-17)29-12-14(10-22-18)25-27-29/h5-7,12-13H,1-4,8-11H2,(H2,20,22,31)(H2,21,23,32). The summed E-state index contributed by atoms with van der Waals surface area (Å²) in [6, 6.07) is 5.59. The number of hydrogen-bond donors (Lipinski definition) is 4. The Morgan fingerprint density at radius 3 is 1.69 bits per heavy atom. The van der Waals surface area contributed by atoms with Gasteiger partial charge in [-0.2, -0.15) is 0 Å². The molecule has 0 unspecified atom stereocenters. The first-order valence-electron chi connectivity index (χ1n) is 10.5. The molecule has 0 aromatic carbocycles. The molecule has 4 rings (SSSR count). The smallest absolute Gasteiger partial charge is 0.166 e. The molecule has 0 radical (unpaired) electrons. The van der Waals surface area contributed by atoms with Crippen molar-refractivity contribution in [3.8, 4) is 11.6 Å². The maximum absolute atomic E-state index is 5.35. The van der Waals surface area contributed by atoms with Gasteiger partial charge in [0.15, 0.2) is 21.9 Å². The summed E-state index contributed by atoms with van der Waals surface area (Å²) < 4.78 is 3.24. The topological polar surface area (TPSA) is 122 Å². The van der Waals surface area contributed by atoms with E-state index in [4.69, 9.17) is 24.4 Å². The van der Waals surface area contributed by atoms with Gasteiger partial charge in [-0.05, 0) is 49.4 Å². The Balaban J connectivity index is 1.49. The molecule has 3 aromatic heterocycles. The Hall–Kier alpha value is -3.19. The first-order valence-corrected chi connectivity index (χ1v) is 11.3. The van der Waals surface area contributed by atoms with Crippen molar-refractivity contribution in [1.29, 1.82) is 0 Å². The molecular formula is C19H25N11S2. The van der Waals surface area contributed by atoms with Crippen LogP contribution in [0.2, 0.25) is 0 Å². The first kappa shape index (κ1) is 22.0. The lowest BCUT2D eigenvalue weighted by atomic mass is 10.2. The van der Waals surface area contributed by atoms with Crippen LogP contribution >= 0.6 is 24.4 Å². The van der Waals surface area contributed by atoms with Crippen molar-refractivity contribution in [2.75, 3.05) is 13.1 Å². The van der Waals surface area contributed by atoms with E-state index < -0.39 is 0 Å². The largest absolute Gasteiger partial charge is 0.363 e. The lowest BCUT2D eigenvalue weighted by Gasteiger charge is -2.10. The average Bonchev–Trinajstić information content (AvgIpc) is 3.47. The lowest BCUT2D eigenvalue weighted by molar-refractivity contribution is 0.619. The van der Waals surface area contributed by atoms with Gasteiger partial charge in [0.25, 0.3) is 0 Å². The minimum Gasteiger partial charge on any atom is -0.363 e. The van der Waals surface area contributed by atoms with E-state index in [0.29, 0.717) is 35.0 Å². The van der Waals surface area contributed by atoms with Crippen molar-refractivity contribution in [3.63, 3.8) is 0 Å². The number of fused-ring (bicyclic) bond motifs is 8. The highest BCUT2D eigenvalue weighted by molar-refractivity contribution is 7.80. The summed E-state index contributed by atoms with van der Waals surface area (Å²) in [5.41, 5.74) is 1.52.